The summed E-state index contributed by atoms with van der Waals surface area (Å²) < 4.78 is 40.2. The van der Waals surface area contributed by atoms with Crippen LogP contribution in [0, 0.1) is 10.1 Å². The second kappa shape index (κ2) is 6.17. The van der Waals surface area contributed by atoms with Crippen LogP contribution in [-0.4, -0.2) is 20.5 Å². The van der Waals surface area contributed by atoms with E-state index in [1.807, 2.05) is 0 Å². The monoisotopic (exact) mass is 353 g/mol. The Balaban J connectivity index is 2.46. The van der Waals surface area contributed by atoms with Crippen LogP contribution in [-0.2, 0) is 8.87 Å². The summed E-state index contributed by atoms with van der Waals surface area (Å²) in [5, 5.41) is 10.6. The Labute approximate surface area is 135 Å². The minimum atomic E-state index is -4.29. The first kappa shape index (κ1) is 17.2. The molecule has 2 aromatic carbocycles. The lowest BCUT2D eigenvalue weighted by Gasteiger charge is -2.26. The summed E-state index contributed by atoms with van der Waals surface area (Å²) in [6.45, 7) is 3.58. The lowest BCUT2D eigenvalue weighted by atomic mass is 10.2. The molecule has 0 aliphatic heterocycles. The van der Waals surface area contributed by atoms with Crippen LogP contribution < -0.4 is 0 Å². The van der Waals surface area contributed by atoms with Crippen molar-refractivity contribution >= 4 is 37.1 Å². The molecular weight excluding hydrogens is 340 g/mol. The Morgan fingerprint density at radius 2 is 1.52 bits per heavy atom. The fourth-order valence-electron chi connectivity index (χ4n) is 1.89. The number of rotatable bonds is 5. The molecule has 1 atom stereocenters. The molecule has 0 spiro atoms. The molecule has 0 radical (unpaired) electrons. The Bertz CT molecular complexity index is 849. The fourth-order valence-corrected chi connectivity index (χ4v) is 6.11. The Morgan fingerprint density at radius 3 is 1.96 bits per heavy atom. The summed E-state index contributed by atoms with van der Waals surface area (Å²) in [5.41, 5.74) is 0.492. The highest BCUT2D eigenvalue weighted by Gasteiger charge is 2.37. The molecule has 1 unspecified atom stereocenters. The van der Waals surface area contributed by atoms with Crippen molar-refractivity contribution in [3.63, 3.8) is 0 Å². The lowest BCUT2D eigenvalue weighted by molar-refractivity contribution is -0.384. The molecular formula is C14H13BFNO4S2. The maximum Gasteiger partial charge on any atom is 0.269 e. The normalized spacial score (nSPS) is 15.3. The molecule has 5 nitrogen and oxygen atoms in total. The molecule has 0 fully saturated rings. The van der Waals surface area contributed by atoms with Crippen molar-refractivity contribution in [3.05, 3.63) is 70.8 Å². The van der Waals surface area contributed by atoms with E-state index >= 15 is 3.89 Å². The van der Waals surface area contributed by atoms with Crippen LogP contribution in [0.5, 0.6) is 0 Å². The van der Waals surface area contributed by atoms with Crippen LogP contribution in [0.25, 0.3) is 6.08 Å². The van der Waals surface area contributed by atoms with E-state index in [1.54, 1.807) is 18.2 Å². The van der Waals surface area contributed by atoms with Crippen LogP contribution >= 0.6 is 9.30 Å². The van der Waals surface area contributed by atoms with E-state index in [1.165, 1.54) is 12.1 Å². The third-order valence-corrected chi connectivity index (χ3v) is 9.70. The van der Waals surface area contributed by atoms with Gasteiger partial charge in [0, 0.05) is 17.0 Å². The molecule has 0 bridgehead atoms. The number of nitro benzene ring substituents is 1. The van der Waals surface area contributed by atoms with Gasteiger partial charge in [0.2, 0.25) is 16.0 Å². The van der Waals surface area contributed by atoms with Gasteiger partial charge in [-0.15, -0.1) is 0 Å². The summed E-state index contributed by atoms with van der Waals surface area (Å²) in [5.74, 6) is 0. The van der Waals surface area contributed by atoms with E-state index in [-0.39, 0.29) is 15.5 Å². The van der Waals surface area contributed by atoms with Crippen LogP contribution in [0.2, 0.25) is 0 Å². The second-order valence-electron chi connectivity index (χ2n) is 4.73. The maximum absolute atomic E-state index is 15.1. The predicted molar refractivity (Wildman–Crippen MR) is 92.3 cm³/mol. The zero-order valence-corrected chi connectivity index (χ0v) is 13.8. The van der Waals surface area contributed by atoms with E-state index in [0.717, 1.165) is 37.0 Å². The summed E-state index contributed by atoms with van der Waals surface area (Å²) in [6.07, 6.45) is 1.57. The van der Waals surface area contributed by atoms with Crippen molar-refractivity contribution in [3.8, 4) is 0 Å². The highest BCUT2D eigenvalue weighted by atomic mass is 33.2. The quantitative estimate of drug-likeness (QED) is 0.358. The van der Waals surface area contributed by atoms with Gasteiger partial charge in [0.25, 0.3) is 5.69 Å². The average Bonchev–Trinajstić information content (AvgIpc) is 2.54. The van der Waals surface area contributed by atoms with E-state index in [4.69, 9.17) is 0 Å². The van der Waals surface area contributed by atoms with Gasteiger partial charge in [-0.3, -0.25) is 10.1 Å². The van der Waals surface area contributed by atoms with Gasteiger partial charge in [-0.2, -0.15) is 3.89 Å². The van der Waals surface area contributed by atoms with Gasteiger partial charge < -0.3 is 0 Å². The van der Waals surface area contributed by atoms with Gasteiger partial charge in [-0.1, -0.05) is 24.8 Å². The second-order valence-corrected chi connectivity index (χ2v) is 11.3. The van der Waals surface area contributed by atoms with Crippen molar-refractivity contribution < 1.29 is 17.2 Å². The first-order valence-electron chi connectivity index (χ1n) is 6.40. The Morgan fingerprint density at radius 1 is 1.04 bits per heavy atom. The number of halogens is 1. The molecule has 0 heterocycles. The molecule has 2 rings (SSSR count). The van der Waals surface area contributed by atoms with E-state index in [9.17, 15) is 18.5 Å². The lowest BCUT2D eigenvalue weighted by Crippen LogP contribution is -2.10. The SMILES string of the molecule is BS(F)(c1ccc(C=C)cc1)S(=O)(=O)c1ccc([N+](=O)[O-])cc1. The van der Waals surface area contributed by atoms with Gasteiger partial charge in [0.1, 0.15) is 0 Å². The summed E-state index contributed by atoms with van der Waals surface area (Å²) in [7, 11) is -6.93. The van der Waals surface area contributed by atoms with Gasteiger partial charge in [0.05, 0.1) is 9.82 Å². The predicted octanol–water partition coefficient (Wildman–Crippen LogP) is 3.22. The number of nitro groups is 1. The number of nitrogens with zero attached hydrogens (tertiary/aromatic N) is 1. The Hall–Kier alpha value is -2.13. The van der Waals surface area contributed by atoms with E-state index < -0.39 is 23.1 Å². The van der Waals surface area contributed by atoms with Gasteiger partial charge in [0.15, 0.2) is 0 Å². The smallest absolute Gasteiger partial charge is 0.258 e. The van der Waals surface area contributed by atoms with Crippen molar-refractivity contribution in [2.24, 2.45) is 0 Å². The topological polar surface area (TPSA) is 77.3 Å². The average molecular weight is 353 g/mol. The first-order chi connectivity index (χ1) is 10.7. The molecule has 2 aromatic rings. The van der Waals surface area contributed by atoms with Crippen LogP contribution in [0.15, 0.2) is 64.9 Å². The molecule has 23 heavy (non-hydrogen) atoms. The van der Waals surface area contributed by atoms with E-state index in [2.05, 4.69) is 6.58 Å². The summed E-state index contributed by atoms with van der Waals surface area (Å²) >= 11 is 0. The zero-order chi connectivity index (χ0) is 17.3. The first-order valence-corrected chi connectivity index (χ1v) is 10.3. The third-order valence-electron chi connectivity index (χ3n) is 3.29. The Kier molecular flexibility index (Phi) is 4.62. The largest absolute Gasteiger partial charge is 0.269 e. The number of hydrogen-bond donors (Lipinski definition) is 0. The highest BCUT2D eigenvalue weighted by molar-refractivity contribution is 8.96. The van der Waals surface area contributed by atoms with Gasteiger partial charge in [-0.25, -0.2) is 8.42 Å². The van der Waals surface area contributed by atoms with Gasteiger partial charge >= 0.3 is 0 Å². The minimum absolute atomic E-state index is 0.0569. The molecule has 0 saturated heterocycles. The highest BCUT2D eigenvalue weighted by Crippen LogP contribution is 2.61. The number of hydrogen-bond acceptors (Lipinski definition) is 4. The maximum atomic E-state index is 15.1. The van der Waals surface area contributed by atoms with Crippen molar-refractivity contribution in [2.45, 2.75) is 9.79 Å². The fraction of sp³-hybridized carbons (Fsp3) is 0. The molecule has 0 aromatic heterocycles. The summed E-state index contributed by atoms with van der Waals surface area (Å²) in [6, 6.07) is 10.2. The number of benzene rings is 2. The zero-order valence-electron chi connectivity index (χ0n) is 12.2. The van der Waals surface area contributed by atoms with E-state index in [0.29, 0.717) is 0 Å². The van der Waals surface area contributed by atoms with Crippen molar-refractivity contribution in [1.29, 1.82) is 0 Å². The van der Waals surface area contributed by atoms with Crippen LogP contribution in [0.1, 0.15) is 5.56 Å². The van der Waals surface area contributed by atoms with Gasteiger partial charge in [-0.05, 0) is 39.1 Å². The molecule has 0 aliphatic rings. The molecule has 0 amide bonds. The van der Waals surface area contributed by atoms with Crippen LogP contribution in [0.4, 0.5) is 9.57 Å². The van der Waals surface area contributed by atoms with Crippen molar-refractivity contribution in [2.75, 3.05) is 0 Å². The standard InChI is InChI=1S/C14H13BFNO4S2/c1-2-11-3-7-13(8-4-11)22(15,16)23(20,21)14-9-5-12(6-10-14)17(18)19/h2-10H,1,15H2. The van der Waals surface area contributed by atoms with Crippen molar-refractivity contribution in [1.82, 2.24) is 0 Å². The number of non-ortho nitro benzene ring substituents is 1. The molecule has 0 saturated carbocycles. The molecule has 120 valence electrons. The molecule has 0 aliphatic carbocycles. The minimum Gasteiger partial charge on any atom is -0.258 e. The molecule has 0 N–H and O–H groups in total. The summed E-state index contributed by atoms with van der Waals surface area (Å²) in [4.78, 5) is 9.75. The third kappa shape index (κ3) is 3.15. The molecule has 9 heteroatoms. The van der Waals surface area contributed by atoms with Crippen LogP contribution in [0.3, 0.4) is 0 Å².